The fraction of sp³-hybridized carbons (Fsp3) is 0.423. The molecule has 2 atom stereocenters. The number of hydrogen-bond donors (Lipinski definition) is 2. The standard InChI is InChI=1S/C26H28F5N5O3/c27-12-17-9-18(11-19(10-17)26(29,30)31)13-33-25(39)35-8-6-23(37)36-21(5-7-32)24(38)34(15-22(35)36)14-16-1-3-20(28)4-2-16/h1-4,9-11,21-22H,5-8,12-15,32H2,(H,33,39)/t21-,22+/m0/s1. The van der Waals surface area contributed by atoms with Crippen molar-refractivity contribution in [3.05, 3.63) is 70.5 Å². The lowest BCUT2D eigenvalue weighted by atomic mass is 10.0. The molecule has 4 rings (SSSR count). The Morgan fingerprint density at radius 2 is 1.74 bits per heavy atom. The first-order chi connectivity index (χ1) is 18.5. The number of piperazine rings is 1. The van der Waals surface area contributed by atoms with Crippen molar-refractivity contribution in [2.24, 2.45) is 5.73 Å². The molecule has 4 amide bonds. The van der Waals surface area contributed by atoms with Gasteiger partial charge in [-0.15, -0.1) is 0 Å². The summed E-state index contributed by atoms with van der Waals surface area (Å²) in [5, 5.41) is 2.56. The summed E-state index contributed by atoms with van der Waals surface area (Å²) in [7, 11) is 0. The van der Waals surface area contributed by atoms with Gasteiger partial charge in [0.05, 0.1) is 12.1 Å². The molecule has 2 aliphatic heterocycles. The van der Waals surface area contributed by atoms with Gasteiger partial charge in [0, 0.05) is 26.1 Å². The molecule has 0 aliphatic carbocycles. The van der Waals surface area contributed by atoms with Crippen LogP contribution in [0.5, 0.6) is 0 Å². The van der Waals surface area contributed by atoms with E-state index in [1.807, 2.05) is 0 Å². The zero-order valence-corrected chi connectivity index (χ0v) is 20.9. The maximum Gasteiger partial charge on any atom is 0.416 e. The SMILES string of the molecule is NCC[C@H]1C(=O)N(Cc2ccc(F)cc2)C[C@@H]2N(C(=O)NCc3cc(CF)cc(C(F)(F)F)c3)CCC(=O)N21. The van der Waals surface area contributed by atoms with Crippen LogP contribution in [-0.2, 0) is 35.5 Å². The van der Waals surface area contributed by atoms with Gasteiger partial charge in [-0.1, -0.05) is 18.2 Å². The first-order valence-electron chi connectivity index (χ1n) is 12.4. The second kappa shape index (κ2) is 11.6. The molecule has 0 spiro atoms. The molecule has 2 aliphatic rings. The Morgan fingerprint density at radius 1 is 1.05 bits per heavy atom. The summed E-state index contributed by atoms with van der Waals surface area (Å²) < 4.78 is 66.2. The van der Waals surface area contributed by atoms with Crippen LogP contribution in [0, 0.1) is 5.82 Å². The van der Waals surface area contributed by atoms with Crippen LogP contribution in [0.3, 0.4) is 0 Å². The van der Waals surface area contributed by atoms with E-state index < -0.39 is 42.5 Å². The van der Waals surface area contributed by atoms with Gasteiger partial charge in [-0.2, -0.15) is 13.2 Å². The van der Waals surface area contributed by atoms with E-state index in [4.69, 9.17) is 5.73 Å². The van der Waals surface area contributed by atoms with Crippen molar-refractivity contribution in [3.63, 3.8) is 0 Å². The third-order valence-corrected chi connectivity index (χ3v) is 6.82. The summed E-state index contributed by atoms with van der Waals surface area (Å²) in [6.45, 7) is -1.18. The highest BCUT2D eigenvalue weighted by atomic mass is 19.4. The lowest BCUT2D eigenvalue weighted by molar-refractivity contribution is -0.167. The smallest absolute Gasteiger partial charge is 0.334 e. The summed E-state index contributed by atoms with van der Waals surface area (Å²) in [6, 6.07) is 6.82. The van der Waals surface area contributed by atoms with Gasteiger partial charge in [0.2, 0.25) is 11.8 Å². The number of nitrogens with zero attached hydrogens (tertiary/aromatic N) is 3. The van der Waals surface area contributed by atoms with E-state index in [1.54, 1.807) is 0 Å². The second-order valence-electron chi connectivity index (χ2n) is 9.49. The van der Waals surface area contributed by atoms with E-state index in [0.29, 0.717) is 11.6 Å². The number of hydrogen-bond acceptors (Lipinski definition) is 4. The Hall–Kier alpha value is -3.74. The Morgan fingerprint density at radius 3 is 2.38 bits per heavy atom. The third-order valence-electron chi connectivity index (χ3n) is 6.82. The van der Waals surface area contributed by atoms with Crippen LogP contribution in [-0.4, -0.2) is 64.4 Å². The molecule has 0 bridgehead atoms. The number of fused-ring (bicyclic) bond motifs is 1. The van der Waals surface area contributed by atoms with Crippen LogP contribution in [0.2, 0.25) is 0 Å². The minimum absolute atomic E-state index is 0.0218. The molecule has 39 heavy (non-hydrogen) atoms. The van der Waals surface area contributed by atoms with Crippen LogP contribution >= 0.6 is 0 Å². The van der Waals surface area contributed by atoms with E-state index in [-0.39, 0.29) is 68.5 Å². The fourth-order valence-corrected chi connectivity index (χ4v) is 4.99. The summed E-state index contributed by atoms with van der Waals surface area (Å²) in [6.07, 6.45) is -5.42. The highest BCUT2D eigenvalue weighted by Gasteiger charge is 2.48. The zero-order valence-electron chi connectivity index (χ0n) is 20.9. The van der Waals surface area contributed by atoms with Gasteiger partial charge in [-0.05, 0) is 53.9 Å². The van der Waals surface area contributed by atoms with Crippen molar-refractivity contribution in [1.82, 2.24) is 20.0 Å². The molecule has 8 nitrogen and oxygen atoms in total. The van der Waals surface area contributed by atoms with Gasteiger partial charge >= 0.3 is 12.2 Å². The number of urea groups is 1. The van der Waals surface area contributed by atoms with Gasteiger partial charge in [-0.25, -0.2) is 13.6 Å². The van der Waals surface area contributed by atoms with E-state index in [0.717, 1.165) is 6.07 Å². The molecular weight excluding hydrogens is 525 g/mol. The number of halogens is 5. The van der Waals surface area contributed by atoms with E-state index in [9.17, 15) is 36.3 Å². The van der Waals surface area contributed by atoms with Crippen LogP contribution in [0.1, 0.15) is 35.1 Å². The lowest BCUT2D eigenvalue weighted by Gasteiger charge is -2.52. The quantitative estimate of drug-likeness (QED) is 0.515. The minimum Gasteiger partial charge on any atom is -0.334 e. The molecule has 0 unspecified atom stereocenters. The number of nitrogens with two attached hydrogens (primary N) is 1. The van der Waals surface area contributed by atoms with Gasteiger partial charge in [-0.3, -0.25) is 9.59 Å². The topological polar surface area (TPSA) is 99.0 Å². The molecule has 0 saturated carbocycles. The number of carbonyl (C=O) groups excluding carboxylic acids is 3. The molecule has 13 heteroatoms. The maximum atomic E-state index is 13.4. The fourth-order valence-electron chi connectivity index (χ4n) is 4.99. The lowest BCUT2D eigenvalue weighted by Crippen LogP contribution is -2.72. The highest BCUT2D eigenvalue weighted by Crippen LogP contribution is 2.31. The summed E-state index contributed by atoms with van der Waals surface area (Å²) in [5.74, 6) is -1.10. The van der Waals surface area contributed by atoms with Gasteiger partial charge < -0.3 is 25.8 Å². The molecule has 2 saturated heterocycles. The maximum absolute atomic E-state index is 13.4. The Kier molecular flexibility index (Phi) is 8.38. The molecule has 2 aromatic carbocycles. The Balaban J connectivity index is 1.55. The summed E-state index contributed by atoms with van der Waals surface area (Å²) in [4.78, 5) is 43.6. The van der Waals surface area contributed by atoms with Crippen LogP contribution in [0.4, 0.5) is 26.7 Å². The van der Waals surface area contributed by atoms with Crippen molar-refractivity contribution < 1.29 is 36.3 Å². The molecule has 3 N–H and O–H groups in total. The summed E-state index contributed by atoms with van der Waals surface area (Å²) >= 11 is 0. The number of carbonyl (C=O) groups is 3. The molecule has 210 valence electrons. The predicted molar refractivity (Wildman–Crippen MR) is 130 cm³/mol. The summed E-state index contributed by atoms with van der Waals surface area (Å²) in [5.41, 5.74) is 5.24. The molecule has 0 radical (unpaired) electrons. The number of amides is 4. The molecule has 0 aromatic heterocycles. The zero-order chi connectivity index (χ0) is 28.3. The van der Waals surface area contributed by atoms with Crippen molar-refractivity contribution >= 4 is 17.8 Å². The molecular formula is C26H28F5N5O3. The second-order valence-corrected chi connectivity index (χ2v) is 9.49. The van der Waals surface area contributed by atoms with Crippen molar-refractivity contribution in [3.8, 4) is 0 Å². The largest absolute Gasteiger partial charge is 0.416 e. The van der Waals surface area contributed by atoms with Crippen LogP contribution < -0.4 is 11.1 Å². The average Bonchev–Trinajstić information content (AvgIpc) is 2.90. The highest BCUT2D eigenvalue weighted by molar-refractivity contribution is 5.91. The molecule has 2 fully saturated rings. The van der Waals surface area contributed by atoms with Crippen LogP contribution in [0.25, 0.3) is 0 Å². The number of nitrogens with one attached hydrogen (secondary N) is 1. The van der Waals surface area contributed by atoms with Crippen LogP contribution in [0.15, 0.2) is 42.5 Å². The number of alkyl halides is 4. The van der Waals surface area contributed by atoms with Gasteiger partial charge in [0.25, 0.3) is 0 Å². The minimum atomic E-state index is -4.68. The van der Waals surface area contributed by atoms with Gasteiger partial charge in [0.15, 0.2) is 0 Å². The van der Waals surface area contributed by atoms with Crippen molar-refractivity contribution in [2.45, 2.75) is 51.0 Å². The third kappa shape index (κ3) is 6.29. The normalized spacial score (nSPS) is 19.8. The monoisotopic (exact) mass is 553 g/mol. The number of rotatable bonds is 7. The van der Waals surface area contributed by atoms with E-state index in [2.05, 4.69) is 5.32 Å². The van der Waals surface area contributed by atoms with E-state index >= 15 is 0 Å². The van der Waals surface area contributed by atoms with Crippen molar-refractivity contribution in [1.29, 1.82) is 0 Å². The number of benzene rings is 2. The first-order valence-corrected chi connectivity index (χ1v) is 12.4. The first kappa shape index (κ1) is 28.3. The molecule has 2 aromatic rings. The van der Waals surface area contributed by atoms with Gasteiger partial charge in [0.1, 0.15) is 24.7 Å². The Bertz CT molecular complexity index is 1220. The Labute approximate surface area is 221 Å². The molecule has 2 heterocycles. The van der Waals surface area contributed by atoms with Crippen molar-refractivity contribution in [2.75, 3.05) is 19.6 Å². The average molecular weight is 554 g/mol. The van der Waals surface area contributed by atoms with E-state index in [1.165, 1.54) is 45.0 Å². The predicted octanol–water partition coefficient (Wildman–Crippen LogP) is 3.14.